The first-order chi connectivity index (χ1) is 12.0. The first kappa shape index (κ1) is 20.2. The van der Waals surface area contributed by atoms with E-state index in [2.05, 4.69) is 31.4 Å². The summed E-state index contributed by atoms with van der Waals surface area (Å²) in [7, 11) is 3.28. The van der Waals surface area contributed by atoms with Crippen molar-refractivity contribution in [3.05, 3.63) is 0 Å². The van der Waals surface area contributed by atoms with Gasteiger partial charge in [-0.3, -0.25) is 19.3 Å². The van der Waals surface area contributed by atoms with Crippen molar-refractivity contribution in [2.24, 2.45) is 11.3 Å². The van der Waals surface area contributed by atoms with Gasteiger partial charge in [-0.15, -0.1) is 0 Å². The fourth-order valence-corrected chi connectivity index (χ4v) is 4.38. The van der Waals surface area contributed by atoms with E-state index in [-0.39, 0.29) is 36.7 Å². The number of carbonyl (C=O) groups is 4. The van der Waals surface area contributed by atoms with Gasteiger partial charge in [0.25, 0.3) is 5.91 Å². The smallest absolute Gasteiger partial charge is 0.325 e. The van der Waals surface area contributed by atoms with Gasteiger partial charge < -0.3 is 15.5 Å². The van der Waals surface area contributed by atoms with E-state index in [1.807, 2.05) is 0 Å². The maximum Gasteiger partial charge on any atom is 0.325 e. The number of hydrogen-bond donors (Lipinski definition) is 2. The van der Waals surface area contributed by atoms with E-state index in [4.69, 9.17) is 0 Å². The quantitative estimate of drug-likeness (QED) is 0.700. The molecule has 26 heavy (non-hydrogen) atoms. The van der Waals surface area contributed by atoms with Crippen molar-refractivity contribution in [2.75, 3.05) is 27.2 Å². The van der Waals surface area contributed by atoms with Crippen LogP contribution in [-0.4, -0.2) is 66.3 Å². The Bertz CT molecular complexity index is 616. The summed E-state index contributed by atoms with van der Waals surface area (Å²) < 4.78 is 0. The summed E-state index contributed by atoms with van der Waals surface area (Å²) in [5.74, 6) is -0.548. The third kappa shape index (κ3) is 4.34. The molecule has 0 bridgehead atoms. The molecule has 2 atom stereocenters. The van der Waals surface area contributed by atoms with Gasteiger partial charge in [0.2, 0.25) is 11.8 Å². The Hall–Kier alpha value is -2.12. The van der Waals surface area contributed by atoms with Crippen LogP contribution in [0.4, 0.5) is 4.79 Å². The average Bonchev–Trinajstić information content (AvgIpc) is 2.68. The summed E-state index contributed by atoms with van der Waals surface area (Å²) >= 11 is 0. The van der Waals surface area contributed by atoms with E-state index in [0.717, 1.165) is 11.3 Å². The van der Waals surface area contributed by atoms with Gasteiger partial charge in [-0.2, -0.15) is 0 Å². The highest BCUT2D eigenvalue weighted by Crippen LogP contribution is 2.46. The minimum absolute atomic E-state index is 0.0502. The fraction of sp³-hybridized carbons (Fsp3) is 0.778. The largest absolute Gasteiger partial charge is 0.354 e. The minimum atomic E-state index is -0.903. The molecule has 2 aliphatic rings. The van der Waals surface area contributed by atoms with Crippen molar-refractivity contribution < 1.29 is 19.2 Å². The first-order valence-corrected chi connectivity index (χ1v) is 9.07. The molecule has 146 valence electrons. The molecule has 1 aliphatic carbocycles. The Labute approximate surface area is 154 Å². The molecule has 1 saturated carbocycles. The van der Waals surface area contributed by atoms with Gasteiger partial charge in [0.1, 0.15) is 12.1 Å². The van der Waals surface area contributed by atoms with Crippen molar-refractivity contribution in [2.45, 2.75) is 52.0 Å². The second-order valence-electron chi connectivity index (χ2n) is 8.65. The van der Waals surface area contributed by atoms with Crippen LogP contribution in [0, 0.1) is 11.3 Å². The predicted octanol–water partition coefficient (Wildman–Crippen LogP) is 0.718. The summed E-state index contributed by atoms with van der Waals surface area (Å²) in [4.78, 5) is 51.3. The maximum atomic E-state index is 12.9. The number of imide groups is 1. The summed E-state index contributed by atoms with van der Waals surface area (Å²) in [6.45, 7) is 6.13. The SMILES string of the molecule is CC1CC(C)(C)CC2(C1)NC(=O)N(CC(=O)NCCC(=O)N(C)C)C2=O. The fourth-order valence-electron chi connectivity index (χ4n) is 4.38. The zero-order chi connectivity index (χ0) is 19.7. The van der Waals surface area contributed by atoms with Gasteiger partial charge in [0.15, 0.2) is 0 Å². The highest BCUT2D eigenvalue weighted by Gasteiger charge is 2.56. The molecule has 8 heteroatoms. The van der Waals surface area contributed by atoms with E-state index in [1.165, 1.54) is 4.90 Å². The van der Waals surface area contributed by atoms with E-state index in [9.17, 15) is 19.2 Å². The zero-order valence-electron chi connectivity index (χ0n) is 16.3. The molecule has 1 heterocycles. The molecule has 8 nitrogen and oxygen atoms in total. The lowest BCUT2D eigenvalue weighted by molar-refractivity contribution is -0.137. The molecule has 1 aliphatic heterocycles. The van der Waals surface area contributed by atoms with Gasteiger partial charge in [-0.1, -0.05) is 20.8 Å². The molecule has 2 N–H and O–H groups in total. The minimum Gasteiger partial charge on any atom is -0.354 e. The van der Waals surface area contributed by atoms with Crippen LogP contribution < -0.4 is 10.6 Å². The van der Waals surface area contributed by atoms with Crippen LogP contribution in [0.5, 0.6) is 0 Å². The lowest BCUT2D eigenvalue weighted by atomic mass is 9.64. The monoisotopic (exact) mass is 366 g/mol. The molecule has 1 spiro atoms. The Kier molecular flexibility index (Phi) is 5.63. The van der Waals surface area contributed by atoms with Crippen molar-refractivity contribution in [3.8, 4) is 0 Å². The van der Waals surface area contributed by atoms with Crippen LogP contribution in [0.2, 0.25) is 0 Å². The van der Waals surface area contributed by atoms with Crippen molar-refractivity contribution in [3.63, 3.8) is 0 Å². The summed E-state index contributed by atoms with van der Waals surface area (Å²) in [6, 6.07) is -0.514. The predicted molar refractivity (Wildman–Crippen MR) is 96.1 cm³/mol. The van der Waals surface area contributed by atoms with Crippen molar-refractivity contribution in [1.29, 1.82) is 0 Å². The summed E-state index contributed by atoms with van der Waals surface area (Å²) in [5, 5.41) is 5.44. The molecule has 1 saturated heterocycles. The van der Waals surface area contributed by atoms with Crippen molar-refractivity contribution in [1.82, 2.24) is 20.4 Å². The lowest BCUT2D eigenvalue weighted by Gasteiger charge is -2.43. The summed E-state index contributed by atoms with van der Waals surface area (Å²) in [6.07, 6.45) is 2.34. The van der Waals surface area contributed by atoms with E-state index in [1.54, 1.807) is 14.1 Å². The number of amides is 5. The third-order valence-corrected chi connectivity index (χ3v) is 5.09. The first-order valence-electron chi connectivity index (χ1n) is 9.07. The van der Waals surface area contributed by atoms with Gasteiger partial charge in [-0.25, -0.2) is 4.79 Å². The Balaban J connectivity index is 1.96. The zero-order valence-corrected chi connectivity index (χ0v) is 16.3. The maximum absolute atomic E-state index is 12.9. The Morgan fingerprint density at radius 3 is 2.50 bits per heavy atom. The van der Waals surface area contributed by atoms with Gasteiger partial charge in [0, 0.05) is 27.1 Å². The lowest BCUT2D eigenvalue weighted by Crippen LogP contribution is -2.54. The topological polar surface area (TPSA) is 98.8 Å². The number of hydrogen-bond acceptors (Lipinski definition) is 4. The highest BCUT2D eigenvalue weighted by atomic mass is 16.2. The number of nitrogens with one attached hydrogen (secondary N) is 2. The molecule has 2 unspecified atom stereocenters. The number of nitrogens with zero attached hydrogens (tertiary/aromatic N) is 2. The Morgan fingerprint density at radius 2 is 1.92 bits per heavy atom. The van der Waals surface area contributed by atoms with Gasteiger partial charge >= 0.3 is 6.03 Å². The highest BCUT2D eigenvalue weighted by molar-refractivity contribution is 6.09. The van der Waals surface area contributed by atoms with Gasteiger partial charge in [0.05, 0.1) is 0 Å². The van der Waals surface area contributed by atoms with Crippen LogP contribution in [-0.2, 0) is 14.4 Å². The summed E-state index contributed by atoms with van der Waals surface area (Å²) in [5.41, 5.74) is -0.954. The molecule has 2 rings (SSSR count). The van der Waals surface area contributed by atoms with Crippen LogP contribution >= 0.6 is 0 Å². The Morgan fingerprint density at radius 1 is 1.27 bits per heavy atom. The van der Waals surface area contributed by atoms with Crippen molar-refractivity contribution >= 4 is 23.8 Å². The van der Waals surface area contributed by atoms with Crippen LogP contribution in [0.3, 0.4) is 0 Å². The van der Waals surface area contributed by atoms with E-state index >= 15 is 0 Å². The molecule has 0 aromatic carbocycles. The molecule has 0 radical (unpaired) electrons. The van der Waals surface area contributed by atoms with Crippen LogP contribution in [0.1, 0.15) is 46.5 Å². The second kappa shape index (κ2) is 7.25. The number of rotatable bonds is 5. The normalized spacial score (nSPS) is 27.4. The number of urea groups is 1. The molecule has 0 aromatic rings. The molecular formula is C18H30N4O4. The average molecular weight is 366 g/mol. The van der Waals surface area contributed by atoms with E-state index in [0.29, 0.717) is 18.8 Å². The third-order valence-electron chi connectivity index (χ3n) is 5.09. The number of carbonyl (C=O) groups excluding carboxylic acids is 4. The molecule has 5 amide bonds. The standard InChI is InChI=1S/C18H30N4O4/c1-12-8-17(2,3)11-18(9-12)15(25)22(16(26)20-18)10-13(23)19-7-6-14(24)21(4)5/h12H,6-11H2,1-5H3,(H,19,23)(H,20,26). The van der Waals surface area contributed by atoms with E-state index < -0.39 is 17.5 Å². The van der Waals surface area contributed by atoms with Gasteiger partial charge in [-0.05, 0) is 30.6 Å². The molecule has 2 fully saturated rings. The second-order valence-corrected chi connectivity index (χ2v) is 8.65. The van der Waals surface area contributed by atoms with Crippen LogP contribution in [0.25, 0.3) is 0 Å². The van der Waals surface area contributed by atoms with Crippen LogP contribution in [0.15, 0.2) is 0 Å². The molecule has 0 aromatic heterocycles. The molecular weight excluding hydrogens is 336 g/mol.